The lowest BCUT2D eigenvalue weighted by Crippen LogP contribution is -2.39. The Hall–Kier alpha value is -0.0800. The van der Waals surface area contributed by atoms with Crippen molar-refractivity contribution in [2.45, 2.75) is 37.7 Å². The molecule has 1 aliphatic carbocycles. The molecule has 0 saturated heterocycles. The minimum Gasteiger partial charge on any atom is -0.378 e. The van der Waals surface area contributed by atoms with E-state index in [-0.39, 0.29) is 5.60 Å². The predicted octanol–water partition coefficient (Wildman–Crippen LogP) is 1.29. The molecule has 2 N–H and O–H groups in total. The van der Waals surface area contributed by atoms with Gasteiger partial charge in [0.05, 0.1) is 5.60 Å². The van der Waals surface area contributed by atoms with Gasteiger partial charge in [-0.2, -0.15) is 0 Å². The summed E-state index contributed by atoms with van der Waals surface area (Å²) in [4.78, 5) is 0. The molecule has 10 heavy (non-hydrogen) atoms. The van der Waals surface area contributed by atoms with Gasteiger partial charge in [0.1, 0.15) is 0 Å². The van der Waals surface area contributed by atoms with E-state index in [0.717, 1.165) is 19.4 Å². The summed E-state index contributed by atoms with van der Waals surface area (Å²) in [6.45, 7) is 0.797. The highest BCUT2D eigenvalue weighted by Gasteiger charge is 2.35. The Morgan fingerprint density at radius 2 is 2.20 bits per heavy atom. The maximum absolute atomic E-state index is 5.42. The minimum atomic E-state index is 0.235. The average molecular weight is 143 g/mol. The fourth-order valence-electron chi connectivity index (χ4n) is 1.55. The molecule has 1 fully saturated rings. The highest BCUT2D eigenvalue weighted by atomic mass is 16.5. The molecule has 60 valence electrons. The Morgan fingerprint density at radius 3 is 2.50 bits per heavy atom. The van der Waals surface area contributed by atoms with Gasteiger partial charge in [-0.1, -0.05) is 0 Å². The van der Waals surface area contributed by atoms with Crippen LogP contribution in [0.4, 0.5) is 0 Å². The molecule has 1 saturated carbocycles. The van der Waals surface area contributed by atoms with Gasteiger partial charge in [0.2, 0.25) is 0 Å². The van der Waals surface area contributed by atoms with E-state index >= 15 is 0 Å². The van der Waals surface area contributed by atoms with Crippen LogP contribution in [0.25, 0.3) is 0 Å². The first-order chi connectivity index (χ1) is 4.83. The van der Waals surface area contributed by atoms with Crippen molar-refractivity contribution in [2.75, 3.05) is 13.7 Å². The zero-order valence-electron chi connectivity index (χ0n) is 6.73. The second-order valence-electron chi connectivity index (χ2n) is 3.13. The van der Waals surface area contributed by atoms with Crippen molar-refractivity contribution < 1.29 is 4.74 Å². The van der Waals surface area contributed by atoms with E-state index in [1.807, 2.05) is 7.11 Å². The van der Waals surface area contributed by atoms with Crippen LogP contribution in [0.5, 0.6) is 0 Å². The van der Waals surface area contributed by atoms with Gasteiger partial charge in [-0.05, 0) is 38.6 Å². The van der Waals surface area contributed by atoms with E-state index in [1.54, 1.807) is 0 Å². The van der Waals surface area contributed by atoms with E-state index < -0.39 is 0 Å². The Morgan fingerprint density at radius 1 is 1.50 bits per heavy atom. The fourth-order valence-corrected chi connectivity index (χ4v) is 1.55. The second kappa shape index (κ2) is 3.35. The van der Waals surface area contributed by atoms with Crippen LogP contribution < -0.4 is 5.73 Å². The van der Waals surface area contributed by atoms with Crippen molar-refractivity contribution in [3.05, 3.63) is 0 Å². The number of hydrogen-bond donors (Lipinski definition) is 1. The topological polar surface area (TPSA) is 35.2 Å². The zero-order chi connectivity index (χ0) is 7.45. The molecule has 2 heteroatoms. The van der Waals surface area contributed by atoms with Crippen LogP contribution >= 0.6 is 0 Å². The summed E-state index contributed by atoms with van der Waals surface area (Å²) < 4.78 is 5.42. The SMILES string of the molecule is COC1(CCCN)CCC1. The first-order valence-corrected chi connectivity index (χ1v) is 4.08. The number of rotatable bonds is 4. The second-order valence-corrected chi connectivity index (χ2v) is 3.13. The van der Waals surface area contributed by atoms with Crippen LogP contribution in [0.1, 0.15) is 32.1 Å². The van der Waals surface area contributed by atoms with Crippen molar-refractivity contribution in [3.8, 4) is 0 Å². The third-order valence-corrected chi connectivity index (χ3v) is 2.53. The van der Waals surface area contributed by atoms with Gasteiger partial charge < -0.3 is 10.5 Å². The highest BCUT2D eigenvalue weighted by Crippen LogP contribution is 2.38. The van der Waals surface area contributed by atoms with Gasteiger partial charge >= 0.3 is 0 Å². The predicted molar refractivity (Wildman–Crippen MR) is 41.9 cm³/mol. The fraction of sp³-hybridized carbons (Fsp3) is 1.00. The molecule has 0 radical (unpaired) electrons. The summed E-state index contributed by atoms with van der Waals surface area (Å²) >= 11 is 0. The molecule has 0 unspecified atom stereocenters. The van der Waals surface area contributed by atoms with E-state index in [1.165, 1.54) is 19.3 Å². The van der Waals surface area contributed by atoms with Crippen molar-refractivity contribution >= 4 is 0 Å². The lowest BCUT2D eigenvalue weighted by atomic mass is 9.77. The van der Waals surface area contributed by atoms with Crippen LogP contribution in [0.15, 0.2) is 0 Å². The first kappa shape index (κ1) is 8.02. The van der Waals surface area contributed by atoms with Gasteiger partial charge in [-0.3, -0.25) is 0 Å². The smallest absolute Gasteiger partial charge is 0.0679 e. The first-order valence-electron chi connectivity index (χ1n) is 4.08. The van der Waals surface area contributed by atoms with E-state index in [9.17, 15) is 0 Å². The molecule has 0 atom stereocenters. The maximum Gasteiger partial charge on any atom is 0.0679 e. The number of nitrogens with two attached hydrogens (primary N) is 1. The lowest BCUT2D eigenvalue weighted by Gasteiger charge is -2.40. The van der Waals surface area contributed by atoms with Gasteiger partial charge in [0, 0.05) is 7.11 Å². The van der Waals surface area contributed by atoms with Gasteiger partial charge in [0.25, 0.3) is 0 Å². The maximum atomic E-state index is 5.42. The molecule has 0 amide bonds. The van der Waals surface area contributed by atoms with Crippen molar-refractivity contribution in [2.24, 2.45) is 5.73 Å². The van der Waals surface area contributed by atoms with Crippen LogP contribution in [-0.4, -0.2) is 19.3 Å². The number of hydrogen-bond acceptors (Lipinski definition) is 2. The van der Waals surface area contributed by atoms with Crippen molar-refractivity contribution in [1.82, 2.24) is 0 Å². The molecular formula is C8H17NO. The monoisotopic (exact) mass is 143 g/mol. The molecule has 0 aliphatic heterocycles. The van der Waals surface area contributed by atoms with E-state index in [0.29, 0.717) is 0 Å². The summed E-state index contributed by atoms with van der Waals surface area (Å²) in [6.07, 6.45) is 6.07. The largest absolute Gasteiger partial charge is 0.378 e. The lowest BCUT2D eigenvalue weighted by molar-refractivity contribution is -0.0781. The Labute approximate surface area is 62.7 Å². The van der Waals surface area contributed by atoms with E-state index in [2.05, 4.69) is 0 Å². The highest BCUT2D eigenvalue weighted by molar-refractivity contribution is 4.88. The summed E-state index contributed by atoms with van der Waals surface area (Å²) in [5.74, 6) is 0. The molecule has 0 bridgehead atoms. The molecule has 0 aromatic carbocycles. The van der Waals surface area contributed by atoms with Gasteiger partial charge in [-0.15, -0.1) is 0 Å². The van der Waals surface area contributed by atoms with Crippen LogP contribution in [0.2, 0.25) is 0 Å². The molecular weight excluding hydrogens is 126 g/mol. The van der Waals surface area contributed by atoms with Gasteiger partial charge in [0.15, 0.2) is 0 Å². The number of ether oxygens (including phenoxy) is 1. The molecule has 1 rings (SSSR count). The normalized spacial score (nSPS) is 22.2. The molecule has 2 nitrogen and oxygen atoms in total. The third-order valence-electron chi connectivity index (χ3n) is 2.53. The molecule has 0 spiro atoms. The summed E-state index contributed by atoms with van der Waals surface area (Å²) in [7, 11) is 1.82. The Kier molecular flexibility index (Phi) is 2.69. The van der Waals surface area contributed by atoms with Gasteiger partial charge in [-0.25, -0.2) is 0 Å². The van der Waals surface area contributed by atoms with Crippen LogP contribution in [0, 0.1) is 0 Å². The standard InChI is InChI=1S/C8H17NO/c1-10-8(4-2-5-8)6-3-7-9/h2-7,9H2,1H3. The molecule has 1 aliphatic rings. The average Bonchev–Trinajstić information content (AvgIpc) is 1.87. The molecule has 0 aromatic heterocycles. The quantitative estimate of drug-likeness (QED) is 0.643. The summed E-state index contributed by atoms with van der Waals surface area (Å²) in [5.41, 5.74) is 5.65. The Balaban J connectivity index is 2.20. The summed E-state index contributed by atoms with van der Waals surface area (Å²) in [5, 5.41) is 0. The summed E-state index contributed by atoms with van der Waals surface area (Å²) in [6, 6.07) is 0. The van der Waals surface area contributed by atoms with Crippen LogP contribution in [-0.2, 0) is 4.74 Å². The molecule has 0 aromatic rings. The Bertz CT molecular complexity index is 93.9. The van der Waals surface area contributed by atoms with Crippen LogP contribution in [0.3, 0.4) is 0 Å². The third kappa shape index (κ3) is 1.50. The van der Waals surface area contributed by atoms with Crippen molar-refractivity contribution in [1.29, 1.82) is 0 Å². The number of methoxy groups -OCH3 is 1. The zero-order valence-corrected chi connectivity index (χ0v) is 6.73. The molecule has 0 heterocycles. The minimum absolute atomic E-state index is 0.235. The van der Waals surface area contributed by atoms with E-state index in [4.69, 9.17) is 10.5 Å². The van der Waals surface area contributed by atoms with Crippen molar-refractivity contribution in [3.63, 3.8) is 0 Å².